The van der Waals surface area contributed by atoms with Crippen LogP contribution < -0.4 is 27.4 Å². The molecule has 0 aliphatic carbocycles. The van der Waals surface area contributed by atoms with Gasteiger partial charge in [-0.3, -0.25) is 28.8 Å². The smallest absolute Gasteiger partial charge is 0.326 e. The van der Waals surface area contributed by atoms with Crippen molar-refractivity contribution < 1.29 is 48.9 Å². The molecule has 174 valence electrons. The summed E-state index contributed by atoms with van der Waals surface area (Å²) in [6.07, 6.45) is -2.77. The molecule has 31 heavy (non-hydrogen) atoms. The zero-order chi connectivity index (χ0) is 24.3. The molecule has 0 aromatic heterocycles. The summed E-state index contributed by atoms with van der Waals surface area (Å²) in [7, 11) is 0. The summed E-state index contributed by atoms with van der Waals surface area (Å²) in [5, 5.41) is 32.5. The fourth-order valence-electron chi connectivity index (χ4n) is 2.08. The largest absolute Gasteiger partial charge is 0.481 e. The summed E-state index contributed by atoms with van der Waals surface area (Å²) in [6, 6.07) is -6.56. The van der Waals surface area contributed by atoms with Gasteiger partial charge in [-0.25, -0.2) is 4.79 Å². The molecule has 0 aromatic rings. The van der Waals surface area contributed by atoms with Crippen LogP contribution >= 0.6 is 12.6 Å². The molecule has 0 rings (SSSR count). The zero-order valence-electron chi connectivity index (χ0n) is 15.9. The minimum Gasteiger partial charge on any atom is -0.481 e. The Morgan fingerprint density at radius 1 is 0.710 bits per heavy atom. The van der Waals surface area contributed by atoms with Gasteiger partial charge >= 0.3 is 17.9 Å². The van der Waals surface area contributed by atoms with Crippen LogP contribution in [0.5, 0.6) is 0 Å². The number of nitrogens with one attached hydrogen (secondary N) is 3. The van der Waals surface area contributed by atoms with Crippen LogP contribution in [0.15, 0.2) is 0 Å². The number of amides is 4. The highest BCUT2D eigenvalue weighted by Gasteiger charge is 2.32. The molecule has 0 aromatic carbocycles. The van der Waals surface area contributed by atoms with Crippen LogP contribution in [0.4, 0.5) is 0 Å². The third-order valence-electron chi connectivity index (χ3n) is 3.58. The normalized spacial score (nSPS) is 14.3. The number of nitrogens with two attached hydrogens (primary N) is 2. The molecule has 0 saturated heterocycles. The number of carbonyl (C=O) groups excluding carboxylic acids is 4. The van der Waals surface area contributed by atoms with Crippen molar-refractivity contribution in [3.05, 3.63) is 0 Å². The van der Waals surface area contributed by atoms with E-state index in [0.717, 1.165) is 0 Å². The summed E-state index contributed by atoms with van der Waals surface area (Å²) >= 11 is 3.80. The quantitative estimate of drug-likeness (QED) is 0.110. The molecular formula is C15H23N5O10S. The molecule has 4 unspecified atom stereocenters. The van der Waals surface area contributed by atoms with Gasteiger partial charge in [0, 0.05) is 5.75 Å². The maximum Gasteiger partial charge on any atom is 0.326 e. The first-order valence-electron chi connectivity index (χ1n) is 8.50. The van der Waals surface area contributed by atoms with Crippen molar-refractivity contribution in [2.75, 3.05) is 5.75 Å². The number of hydrogen-bond donors (Lipinski definition) is 9. The lowest BCUT2D eigenvalue weighted by Gasteiger charge is -2.23. The van der Waals surface area contributed by atoms with Crippen LogP contribution in [0.3, 0.4) is 0 Å². The van der Waals surface area contributed by atoms with Gasteiger partial charge in [0.2, 0.25) is 23.6 Å². The molecule has 0 fully saturated rings. The van der Waals surface area contributed by atoms with Crippen molar-refractivity contribution >= 4 is 54.2 Å². The van der Waals surface area contributed by atoms with E-state index in [1.54, 1.807) is 5.32 Å². The van der Waals surface area contributed by atoms with Crippen molar-refractivity contribution in [3.8, 4) is 0 Å². The third kappa shape index (κ3) is 10.8. The Balaban J connectivity index is 5.53. The number of hydrogen-bond acceptors (Lipinski definition) is 9. The molecule has 16 heteroatoms. The summed E-state index contributed by atoms with van der Waals surface area (Å²) in [4.78, 5) is 80.6. The van der Waals surface area contributed by atoms with Gasteiger partial charge in [-0.15, -0.1) is 0 Å². The molecule has 4 amide bonds. The number of carboxylic acid groups (broad SMARTS) is 3. The minimum absolute atomic E-state index is 0.110. The van der Waals surface area contributed by atoms with Crippen molar-refractivity contribution in [2.24, 2.45) is 11.5 Å². The van der Waals surface area contributed by atoms with Gasteiger partial charge in [-0.1, -0.05) is 0 Å². The Kier molecular flexibility index (Phi) is 11.6. The van der Waals surface area contributed by atoms with E-state index in [-0.39, 0.29) is 5.75 Å². The molecule has 0 aliphatic heterocycles. The van der Waals surface area contributed by atoms with Crippen LogP contribution in [0, 0.1) is 0 Å². The van der Waals surface area contributed by atoms with Crippen molar-refractivity contribution in [1.29, 1.82) is 0 Å². The molecule has 0 spiro atoms. The molecular weight excluding hydrogens is 442 g/mol. The molecule has 0 radical (unpaired) electrons. The van der Waals surface area contributed by atoms with Crippen LogP contribution in [-0.2, 0) is 33.6 Å². The highest BCUT2D eigenvalue weighted by molar-refractivity contribution is 7.80. The monoisotopic (exact) mass is 465 g/mol. The Labute approximate surface area is 180 Å². The average Bonchev–Trinajstić information content (AvgIpc) is 2.64. The summed E-state index contributed by atoms with van der Waals surface area (Å²) in [5.41, 5.74) is 10.5. The van der Waals surface area contributed by atoms with E-state index < -0.39 is 85.0 Å². The first-order chi connectivity index (χ1) is 14.3. The predicted molar refractivity (Wildman–Crippen MR) is 104 cm³/mol. The fourth-order valence-corrected chi connectivity index (χ4v) is 2.24. The van der Waals surface area contributed by atoms with Gasteiger partial charge in [-0.2, -0.15) is 12.6 Å². The Hall–Kier alpha value is -3.40. The van der Waals surface area contributed by atoms with Gasteiger partial charge < -0.3 is 42.7 Å². The number of carboxylic acids is 3. The highest BCUT2D eigenvalue weighted by Crippen LogP contribution is 2.01. The molecule has 0 saturated carbocycles. The lowest BCUT2D eigenvalue weighted by molar-refractivity contribution is -0.148. The van der Waals surface area contributed by atoms with Crippen LogP contribution in [0.25, 0.3) is 0 Å². The molecule has 15 nitrogen and oxygen atoms in total. The second-order valence-electron chi connectivity index (χ2n) is 6.18. The lowest BCUT2D eigenvalue weighted by Crippen LogP contribution is -2.58. The van der Waals surface area contributed by atoms with E-state index in [4.69, 9.17) is 26.8 Å². The van der Waals surface area contributed by atoms with Crippen molar-refractivity contribution in [1.82, 2.24) is 16.0 Å². The van der Waals surface area contributed by atoms with Crippen molar-refractivity contribution in [2.45, 2.75) is 43.4 Å². The Morgan fingerprint density at radius 3 is 1.48 bits per heavy atom. The SMILES string of the molecule is NC(=O)CC(NC(=O)C(N)CS)C(=O)NC(CC(=O)O)C(=O)NC(CC(=O)O)C(=O)O. The van der Waals surface area contributed by atoms with Crippen molar-refractivity contribution in [3.63, 3.8) is 0 Å². The third-order valence-corrected chi connectivity index (χ3v) is 3.97. The first-order valence-corrected chi connectivity index (χ1v) is 9.13. The maximum absolute atomic E-state index is 12.4. The van der Waals surface area contributed by atoms with Gasteiger partial charge in [0.25, 0.3) is 0 Å². The molecule has 0 aliphatic rings. The van der Waals surface area contributed by atoms with Gasteiger partial charge in [-0.05, 0) is 0 Å². The molecule has 0 bridgehead atoms. The summed E-state index contributed by atoms with van der Waals surface area (Å²) < 4.78 is 0. The Bertz CT molecular complexity index is 746. The standard InChI is InChI=1S/C15H23N5O10S/c16-5(4-31)12(26)18-6(1-9(17)21)13(27)19-7(2-10(22)23)14(28)20-8(15(29)30)3-11(24)25/h5-8,31H,1-4,16H2,(H2,17,21)(H,18,26)(H,19,27)(H,20,28)(H,22,23)(H,24,25)(H,29,30). The highest BCUT2D eigenvalue weighted by atomic mass is 32.1. The summed E-state index contributed by atoms with van der Waals surface area (Å²) in [5.74, 6) is -9.37. The molecule has 0 heterocycles. The second kappa shape index (κ2) is 13.0. The summed E-state index contributed by atoms with van der Waals surface area (Å²) in [6.45, 7) is 0. The van der Waals surface area contributed by atoms with Gasteiger partial charge in [0.1, 0.15) is 18.1 Å². The predicted octanol–water partition coefficient (Wildman–Crippen LogP) is -4.39. The van der Waals surface area contributed by atoms with Crippen LogP contribution in [-0.4, -0.2) is 86.8 Å². The van der Waals surface area contributed by atoms with Crippen LogP contribution in [0.1, 0.15) is 19.3 Å². The first kappa shape index (κ1) is 27.6. The van der Waals surface area contributed by atoms with Gasteiger partial charge in [0.15, 0.2) is 0 Å². The Morgan fingerprint density at radius 2 is 1.10 bits per heavy atom. The van der Waals surface area contributed by atoms with E-state index in [0.29, 0.717) is 0 Å². The number of thiol groups is 1. The maximum atomic E-state index is 12.4. The number of rotatable bonds is 14. The number of carbonyl (C=O) groups is 7. The number of aliphatic carboxylic acids is 3. The fraction of sp³-hybridized carbons (Fsp3) is 0.533. The topological polar surface area (TPSA) is 268 Å². The van der Waals surface area contributed by atoms with E-state index in [9.17, 15) is 33.6 Å². The zero-order valence-corrected chi connectivity index (χ0v) is 16.8. The number of primary amides is 1. The molecule has 4 atom stereocenters. The average molecular weight is 465 g/mol. The van der Waals surface area contributed by atoms with Gasteiger partial charge in [0.05, 0.1) is 25.3 Å². The van der Waals surface area contributed by atoms with E-state index in [2.05, 4.69) is 17.9 Å². The van der Waals surface area contributed by atoms with E-state index >= 15 is 0 Å². The van der Waals surface area contributed by atoms with E-state index in [1.807, 2.05) is 5.32 Å². The lowest BCUT2D eigenvalue weighted by atomic mass is 10.1. The van der Waals surface area contributed by atoms with E-state index in [1.165, 1.54) is 0 Å². The molecule has 10 N–H and O–H groups in total. The van der Waals surface area contributed by atoms with Crippen LogP contribution in [0.2, 0.25) is 0 Å². The minimum atomic E-state index is -1.91. The second-order valence-corrected chi connectivity index (χ2v) is 6.54.